The number of ether oxygens (including phenoxy) is 1. The fourth-order valence-corrected chi connectivity index (χ4v) is 1.77. The van der Waals surface area contributed by atoms with Crippen LogP contribution in [0, 0.1) is 6.92 Å². The molecule has 0 aliphatic heterocycles. The van der Waals surface area contributed by atoms with Crippen molar-refractivity contribution in [2.45, 2.75) is 13.8 Å². The Bertz CT molecular complexity index is 650. The van der Waals surface area contributed by atoms with Crippen LogP contribution in [0.3, 0.4) is 0 Å². The van der Waals surface area contributed by atoms with Crippen molar-refractivity contribution < 1.29 is 14.3 Å². The lowest BCUT2D eigenvalue weighted by Crippen LogP contribution is -2.10. The number of benzene rings is 2. The topological polar surface area (TPSA) is 55.4 Å². The maximum atomic E-state index is 12.0. The number of carbonyl (C=O) groups excluding carboxylic acids is 2. The van der Waals surface area contributed by atoms with Gasteiger partial charge in [0.25, 0.3) is 0 Å². The molecule has 0 fully saturated rings. The summed E-state index contributed by atoms with van der Waals surface area (Å²) in [4.78, 5) is 23.0. The van der Waals surface area contributed by atoms with Crippen LogP contribution in [0.1, 0.15) is 22.8 Å². The van der Waals surface area contributed by atoms with Crippen LogP contribution in [0.2, 0.25) is 0 Å². The summed E-state index contributed by atoms with van der Waals surface area (Å²) < 4.78 is 5.29. The molecule has 0 aliphatic carbocycles. The molecule has 0 aliphatic rings. The van der Waals surface area contributed by atoms with Crippen molar-refractivity contribution in [1.29, 1.82) is 0 Å². The third kappa shape index (κ3) is 3.68. The predicted molar refractivity (Wildman–Crippen MR) is 76.9 cm³/mol. The van der Waals surface area contributed by atoms with E-state index in [9.17, 15) is 9.59 Å². The van der Waals surface area contributed by atoms with E-state index >= 15 is 0 Å². The van der Waals surface area contributed by atoms with Crippen molar-refractivity contribution in [2.24, 2.45) is 0 Å². The van der Waals surface area contributed by atoms with Crippen LogP contribution in [-0.2, 0) is 4.79 Å². The molecule has 0 spiro atoms. The minimum absolute atomic E-state index is 0.186. The number of aryl methyl sites for hydroxylation is 1. The predicted octanol–water partition coefficient (Wildman–Crippen LogP) is 3.17. The second kappa shape index (κ2) is 6.02. The third-order valence-electron chi connectivity index (χ3n) is 2.62. The maximum Gasteiger partial charge on any atom is 0.343 e. The molecule has 2 rings (SSSR count). The monoisotopic (exact) mass is 269 g/mol. The number of esters is 1. The lowest BCUT2D eigenvalue weighted by Gasteiger charge is -2.07. The van der Waals surface area contributed by atoms with E-state index in [1.807, 2.05) is 19.1 Å². The summed E-state index contributed by atoms with van der Waals surface area (Å²) >= 11 is 0. The highest BCUT2D eigenvalue weighted by atomic mass is 16.5. The van der Waals surface area contributed by atoms with Gasteiger partial charge < -0.3 is 10.1 Å². The zero-order valence-electron chi connectivity index (χ0n) is 11.3. The van der Waals surface area contributed by atoms with Crippen molar-refractivity contribution in [1.82, 2.24) is 0 Å². The van der Waals surface area contributed by atoms with Gasteiger partial charge in [0.1, 0.15) is 5.75 Å². The van der Waals surface area contributed by atoms with E-state index < -0.39 is 5.97 Å². The Kier molecular flexibility index (Phi) is 4.15. The molecular weight excluding hydrogens is 254 g/mol. The Hall–Kier alpha value is -2.62. The average molecular weight is 269 g/mol. The molecule has 102 valence electrons. The molecule has 2 aromatic carbocycles. The van der Waals surface area contributed by atoms with Crippen LogP contribution >= 0.6 is 0 Å². The number of nitrogens with one attached hydrogen (secondary N) is 1. The third-order valence-corrected chi connectivity index (χ3v) is 2.62. The molecule has 0 saturated carbocycles. The van der Waals surface area contributed by atoms with Crippen molar-refractivity contribution in [3.63, 3.8) is 0 Å². The molecule has 0 bridgehead atoms. The summed E-state index contributed by atoms with van der Waals surface area (Å²) in [6, 6.07) is 13.9. The highest BCUT2D eigenvalue weighted by Crippen LogP contribution is 2.16. The van der Waals surface area contributed by atoms with Crippen LogP contribution in [0.5, 0.6) is 5.75 Å². The molecule has 0 radical (unpaired) electrons. The zero-order valence-corrected chi connectivity index (χ0v) is 11.3. The van der Waals surface area contributed by atoms with Gasteiger partial charge in [-0.15, -0.1) is 0 Å². The van der Waals surface area contributed by atoms with Crippen LogP contribution in [-0.4, -0.2) is 11.9 Å². The normalized spacial score (nSPS) is 9.90. The molecule has 20 heavy (non-hydrogen) atoms. The minimum atomic E-state index is -0.456. The quantitative estimate of drug-likeness (QED) is 0.687. The molecule has 0 aromatic heterocycles. The first-order valence-corrected chi connectivity index (χ1v) is 6.21. The zero-order chi connectivity index (χ0) is 14.5. The van der Waals surface area contributed by atoms with Crippen LogP contribution in [0.15, 0.2) is 48.5 Å². The van der Waals surface area contributed by atoms with Gasteiger partial charge in [-0.05, 0) is 42.8 Å². The Labute approximate surface area is 117 Å². The lowest BCUT2D eigenvalue weighted by atomic mass is 10.2. The van der Waals surface area contributed by atoms with Gasteiger partial charge in [-0.2, -0.15) is 0 Å². The number of amides is 1. The number of rotatable bonds is 3. The molecule has 0 atom stereocenters. The molecule has 4 nitrogen and oxygen atoms in total. The Balaban J connectivity index is 2.15. The van der Waals surface area contributed by atoms with Gasteiger partial charge in [-0.1, -0.05) is 18.2 Å². The first-order valence-electron chi connectivity index (χ1n) is 6.21. The SMILES string of the molecule is CC(=O)Nc1cccc(C(=O)Oc2cccc(C)c2)c1. The molecule has 2 aromatic rings. The minimum Gasteiger partial charge on any atom is -0.423 e. The molecule has 0 unspecified atom stereocenters. The van der Waals surface area contributed by atoms with Gasteiger partial charge in [0.05, 0.1) is 5.56 Å². The van der Waals surface area contributed by atoms with E-state index in [0.29, 0.717) is 17.0 Å². The van der Waals surface area contributed by atoms with E-state index in [1.165, 1.54) is 6.92 Å². The molecule has 0 saturated heterocycles. The fourth-order valence-electron chi connectivity index (χ4n) is 1.77. The first-order chi connectivity index (χ1) is 9.54. The molecule has 0 heterocycles. The second-order valence-corrected chi connectivity index (χ2v) is 4.47. The van der Waals surface area contributed by atoms with Crippen LogP contribution in [0.25, 0.3) is 0 Å². The van der Waals surface area contributed by atoms with Crippen molar-refractivity contribution in [2.75, 3.05) is 5.32 Å². The Morgan fingerprint density at radius 3 is 2.50 bits per heavy atom. The Morgan fingerprint density at radius 2 is 1.80 bits per heavy atom. The van der Waals surface area contributed by atoms with E-state index in [2.05, 4.69) is 5.32 Å². The fraction of sp³-hybridized carbons (Fsp3) is 0.125. The summed E-state index contributed by atoms with van der Waals surface area (Å²) in [5.74, 6) is -0.142. The molecule has 4 heteroatoms. The van der Waals surface area contributed by atoms with Gasteiger partial charge in [-0.25, -0.2) is 4.79 Å². The van der Waals surface area contributed by atoms with E-state index in [-0.39, 0.29) is 5.91 Å². The van der Waals surface area contributed by atoms with Crippen molar-refractivity contribution >= 4 is 17.6 Å². The number of carbonyl (C=O) groups is 2. The highest BCUT2D eigenvalue weighted by molar-refractivity contribution is 5.94. The van der Waals surface area contributed by atoms with Crippen molar-refractivity contribution in [3.8, 4) is 5.75 Å². The summed E-state index contributed by atoms with van der Waals surface area (Å²) in [6.45, 7) is 3.34. The van der Waals surface area contributed by atoms with E-state index in [1.54, 1.807) is 36.4 Å². The van der Waals surface area contributed by atoms with Crippen molar-refractivity contribution in [3.05, 3.63) is 59.7 Å². The molecular formula is C16H15NO3. The van der Waals surface area contributed by atoms with Gasteiger partial charge in [0, 0.05) is 12.6 Å². The van der Waals surface area contributed by atoms with Gasteiger partial charge >= 0.3 is 5.97 Å². The van der Waals surface area contributed by atoms with Crippen LogP contribution < -0.4 is 10.1 Å². The Morgan fingerprint density at radius 1 is 1.05 bits per heavy atom. The summed E-state index contributed by atoms with van der Waals surface area (Å²) in [7, 11) is 0. The number of anilines is 1. The largest absolute Gasteiger partial charge is 0.423 e. The number of hydrogen-bond acceptors (Lipinski definition) is 3. The van der Waals surface area contributed by atoms with E-state index in [0.717, 1.165) is 5.56 Å². The average Bonchev–Trinajstić information content (AvgIpc) is 2.38. The summed E-state index contributed by atoms with van der Waals surface area (Å²) in [5, 5.41) is 2.63. The van der Waals surface area contributed by atoms with Crippen LogP contribution in [0.4, 0.5) is 5.69 Å². The standard InChI is InChI=1S/C16H15NO3/c1-11-5-3-8-15(9-11)20-16(19)13-6-4-7-14(10-13)17-12(2)18/h3-10H,1-2H3,(H,17,18). The second-order valence-electron chi connectivity index (χ2n) is 4.47. The van der Waals surface area contributed by atoms with E-state index in [4.69, 9.17) is 4.74 Å². The first kappa shape index (κ1) is 13.8. The summed E-state index contributed by atoms with van der Waals surface area (Å²) in [5.41, 5.74) is 1.97. The highest BCUT2D eigenvalue weighted by Gasteiger charge is 2.09. The summed E-state index contributed by atoms with van der Waals surface area (Å²) in [6.07, 6.45) is 0. The van der Waals surface area contributed by atoms with Gasteiger partial charge in [0.2, 0.25) is 5.91 Å². The maximum absolute atomic E-state index is 12.0. The molecule has 1 amide bonds. The number of hydrogen-bond donors (Lipinski definition) is 1. The van der Waals surface area contributed by atoms with Gasteiger partial charge in [0.15, 0.2) is 0 Å². The molecule has 1 N–H and O–H groups in total. The smallest absolute Gasteiger partial charge is 0.343 e. The lowest BCUT2D eigenvalue weighted by molar-refractivity contribution is -0.114. The van der Waals surface area contributed by atoms with Gasteiger partial charge in [-0.3, -0.25) is 4.79 Å².